The third kappa shape index (κ3) is 7.07. The average Bonchev–Trinajstić information content (AvgIpc) is 2.52. The van der Waals surface area contributed by atoms with Gasteiger partial charge in [0, 0.05) is 5.57 Å². The molecule has 4 nitrogen and oxygen atoms in total. The van der Waals surface area contributed by atoms with E-state index in [0.29, 0.717) is 30.9 Å². The zero-order chi connectivity index (χ0) is 16.2. The summed E-state index contributed by atoms with van der Waals surface area (Å²) in [5.74, 6) is -0.270. The maximum Gasteiger partial charge on any atom is 0.334 e. The van der Waals surface area contributed by atoms with E-state index in [0.717, 1.165) is 18.4 Å². The molecule has 1 aromatic carbocycles. The van der Waals surface area contributed by atoms with E-state index in [1.807, 2.05) is 37.3 Å². The molecule has 0 amide bonds. The third-order valence-corrected chi connectivity index (χ3v) is 3.00. The number of rotatable bonds is 9. The molecular formula is C18H25NO3. The van der Waals surface area contributed by atoms with Crippen LogP contribution in [0.25, 0.3) is 0 Å². The molecule has 0 N–H and O–H groups in total. The Balaban J connectivity index is 2.63. The summed E-state index contributed by atoms with van der Waals surface area (Å²) < 4.78 is 5.07. The fraction of sp³-hybridized carbons (Fsp3) is 0.444. The van der Waals surface area contributed by atoms with E-state index in [1.165, 1.54) is 0 Å². The van der Waals surface area contributed by atoms with Gasteiger partial charge in [-0.25, -0.2) is 4.79 Å². The Kier molecular flexibility index (Phi) is 8.65. The molecule has 0 heterocycles. The van der Waals surface area contributed by atoms with E-state index < -0.39 is 0 Å². The Bertz CT molecular complexity index is 506. The number of carbonyl (C=O) groups is 1. The molecule has 0 aliphatic heterocycles. The summed E-state index contributed by atoms with van der Waals surface area (Å²) in [6.07, 6.45) is 4.42. The van der Waals surface area contributed by atoms with Crippen molar-refractivity contribution in [2.45, 2.75) is 46.6 Å². The number of benzene rings is 1. The maximum atomic E-state index is 11.9. The molecule has 1 rings (SSSR count). The lowest BCUT2D eigenvalue weighted by Gasteiger charge is -2.06. The topological polar surface area (TPSA) is 47.9 Å². The number of oxime groups is 1. The predicted molar refractivity (Wildman–Crippen MR) is 88.6 cm³/mol. The van der Waals surface area contributed by atoms with E-state index in [-0.39, 0.29) is 5.97 Å². The van der Waals surface area contributed by atoms with Gasteiger partial charge in [0.05, 0.1) is 12.3 Å². The lowest BCUT2D eigenvalue weighted by molar-refractivity contribution is -0.138. The van der Waals surface area contributed by atoms with Crippen molar-refractivity contribution in [1.29, 1.82) is 0 Å². The van der Waals surface area contributed by atoms with Crippen LogP contribution in [0.4, 0.5) is 0 Å². The van der Waals surface area contributed by atoms with Gasteiger partial charge >= 0.3 is 5.97 Å². The molecular weight excluding hydrogens is 278 g/mol. The molecule has 0 unspecified atom stereocenters. The van der Waals surface area contributed by atoms with Gasteiger partial charge in [0.2, 0.25) is 0 Å². The third-order valence-electron chi connectivity index (χ3n) is 3.00. The second-order valence-corrected chi connectivity index (χ2v) is 4.99. The standard InChI is InChI=1S/C18H25NO3/c1-4-6-12-17(18(20)21-5-2)13-15(3)19-22-14-16-10-8-7-9-11-16/h7-11,13H,4-6,12,14H2,1-3H3/b17-13-,19-15+. The molecule has 0 bridgehead atoms. The molecule has 0 aromatic heterocycles. The van der Waals surface area contributed by atoms with Crippen LogP contribution < -0.4 is 0 Å². The summed E-state index contributed by atoms with van der Waals surface area (Å²) in [5, 5.41) is 4.04. The molecule has 4 heteroatoms. The van der Waals surface area contributed by atoms with Crippen LogP contribution in [-0.4, -0.2) is 18.3 Å². The Morgan fingerprint density at radius 1 is 1.23 bits per heavy atom. The second-order valence-electron chi connectivity index (χ2n) is 4.99. The molecule has 0 fully saturated rings. The first-order chi connectivity index (χ1) is 10.7. The lowest BCUT2D eigenvalue weighted by Crippen LogP contribution is -2.09. The van der Waals surface area contributed by atoms with Gasteiger partial charge in [0.1, 0.15) is 6.61 Å². The van der Waals surface area contributed by atoms with Gasteiger partial charge in [-0.3, -0.25) is 0 Å². The van der Waals surface area contributed by atoms with Crippen molar-refractivity contribution >= 4 is 11.7 Å². The normalized spacial score (nSPS) is 12.1. The smallest absolute Gasteiger partial charge is 0.334 e. The van der Waals surface area contributed by atoms with Gasteiger partial charge in [0.15, 0.2) is 0 Å². The molecule has 22 heavy (non-hydrogen) atoms. The first kappa shape index (κ1) is 18.0. The molecule has 0 aliphatic rings. The predicted octanol–water partition coefficient (Wildman–Crippen LogP) is 4.26. The molecule has 0 radical (unpaired) electrons. The first-order valence-corrected chi connectivity index (χ1v) is 7.75. The minimum absolute atomic E-state index is 0.270. The average molecular weight is 303 g/mol. The maximum absolute atomic E-state index is 11.9. The van der Waals surface area contributed by atoms with Crippen LogP contribution in [0.5, 0.6) is 0 Å². The number of hydrogen-bond donors (Lipinski definition) is 0. The fourth-order valence-corrected chi connectivity index (χ4v) is 1.89. The van der Waals surface area contributed by atoms with Gasteiger partial charge in [-0.05, 0) is 38.3 Å². The molecule has 1 aromatic rings. The van der Waals surface area contributed by atoms with Gasteiger partial charge in [0.25, 0.3) is 0 Å². The summed E-state index contributed by atoms with van der Waals surface area (Å²) in [5.41, 5.74) is 2.36. The summed E-state index contributed by atoms with van der Waals surface area (Å²) in [7, 11) is 0. The van der Waals surface area contributed by atoms with Gasteiger partial charge < -0.3 is 9.57 Å². The highest BCUT2D eigenvalue weighted by Crippen LogP contribution is 2.10. The van der Waals surface area contributed by atoms with Crippen molar-refractivity contribution in [2.75, 3.05) is 6.61 Å². The lowest BCUT2D eigenvalue weighted by atomic mass is 10.1. The summed E-state index contributed by atoms with van der Waals surface area (Å²) in [6.45, 7) is 6.50. The van der Waals surface area contributed by atoms with Gasteiger partial charge in [-0.15, -0.1) is 0 Å². The molecule has 0 saturated heterocycles. The number of hydrogen-bond acceptors (Lipinski definition) is 4. The van der Waals surface area contributed by atoms with Crippen LogP contribution in [0.1, 0.15) is 45.6 Å². The minimum Gasteiger partial charge on any atom is -0.463 e. The van der Waals surface area contributed by atoms with Gasteiger partial charge in [-0.1, -0.05) is 48.8 Å². The molecule has 0 spiro atoms. The van der Waals surface area contributed by atoms with Crippen molar-refractivity contribution in [1.82, 2.24) is 0 Å². The molecule has 120 valence electrons. The van der Waals surface area contributed by atoms with E-state index in [4.69, 9.17) is 9.57 Å². The largest absolute Gasteiger partial charge is 0.463 e. The van der Waals surface area contributed by atoms with Crippen molar-refractivity contribution < 1.29 is 14.4 Å². The summed E-state index contributed by atoms with van der Waals surface area (Å²) in [6, 6.07) is 9.83. The van der Waals surface area contributed by atoms with Crippen LogP contribution in [0, 0.1) is 0 Å². The van der Waals surface area contributed by atoms with E-state index in [2.05, 4.69) is 12.1 Å². The minimum atomic E-state index is -0.270. The number of nitrogens with zero attached hydrogens (tertiary/aromatic N) is 1. The van der Waals surface area contributed by atoms with Crippen molar-refractivity contribution in [3.8, 4) is 0 Å². The Morgan fingerprint density at radius 2 is 1.95 bits per heavy atom. The Morgan fingerprint density at radius 3 is 2.59 bits per heavy atom. The SMILES string of the molecule is CCCC/C(=C/C(C)=N/OCc1ccccc1)C(=O)OCC. The number of ether oxygens (including phenoxy) is 1. The first-order valence-electron chi connectivity index (χ1n) is 7.75. The van der Waals surface area contributed by atoms with Gasteiger partial charge in [-0.2, -0.15) is 0 Å². The van der Waals surface area contributed by atoms with Crippen LogP contribution in [-0.2, 0) is 21.0 Å². The molecule has 0 aliphatic carbocycles. The Labute approximate surface area is 132 Å². The zero-order valence-corrected chi connectivity index (χ0v) is 13.7. The second kappa shape index (κ2) is 10.6. The van der Waals surface area contributed by atoms with Crippen molar-refractivity contribution in [3.05, 3.63) is 47.5 Å². The summed E-state index contributed by atoms with van der Waals surface area (Å²) in [4.78, 5) is 17.2. The summed E-state index contributed by atoms with van der Waals surface area (Å²) >= 11 is 0. The molecule has 0 saturated carbocycles. The van der Waals surface area contributed by atoms with E-state index in [1.54, 1.807) is 13.0 Å². The highest BCUT2D eigenvalue weighted by Gasteiger charge is 2.10. The van der Waals surface area contributed by atoms with E-state index >= 15 is 0 Å². The zero-order valence-electron chi connectivity index (χ0n) is 13.7. The van der Waals surface area contributed by atoms with Crippen LogP contribution in [0.2, 0.25) is 0 Å². The van der Waals surface area contributed by atoms with Crippen LogP contribution >= 0.6 is 0 Å². The number of allylic oxidation sites excluding steroid dienone is 1. The highest BCUT2D eigenvalue weighted by molar-refractivity contribution is 6.00. The fourth-order valence-electron chi connectivity index (χ4n) is 1.89. The van der Waals surface area contributed by atoms with Crippen molar-refractivity contribution in [2.24, 2.45) is 5.16 Å². The van der Waals surface area contributed by atoms with Crippen LogP contribution in [0.3, 0.4) is 0 Å². The van der Waals surface area contributed by atoms with Crippen LogP contribution in [0.15, 0.2) is 47.1 Å². The number of carbonyl (C=O) groups excluding carboxylic acids is 1. The van der Waals surface area contributed by atoms with Crippen molar-refractivity contribution in [3.63, 3.8) is 0 Å². The number of unbranched alkanes of at least 4 members (excludes halogenated alkanes) is 1. The number of esters is 1. The quantitative estimate of drug-likeness (QED) is 0.296. The molecule has 0 atom stereocenters. The highest BCUT2D eigenvalue weighted by atomic mass is 16.6. The van der Waals surface area contributed by atoms with E-state index in [9.17, 15) is 4.79 Å². The Hall–Kier alpha value is -2.10. The monoisotopic (exact) mass is 303 g/mol.